The van der Waals surface area contributed by atoms with Gasteiger partial charge in [-0.2, -0.15) is 0 Å². The first kappa shape index (κ1) is 21.7. The molecule has 3 aromatic rings. The number of anilines is 2. The summed E-state index contributed by atoms with van der Waals surface area (Å²) in [6.45, 7) is 4.32. The van der Waals surface area contributed by atoms with E-state index in [1.807, 2.05) is 55.5 Å². The molecule has 0 aliphatic rings. The number of nitrogens with two attached hydrogens (primary N) is 1. The first-order valence-electron chi connectivity index (χ1n) is 9.92. The zero-order valence-corrected chi connectivity index (χ0v) is 17.4. The molecule has 31 heavy (non-hydrogen) atoms. The van der Waals surface area contributed by atoms with Gasteiger partial charge in [0.15, 0.2) is 0 Å². The monoisotopic (exact) mass is 419 g/mol. The quantitative estimate of drug-likeness (QED) is 0.477. The molecule has 1 unspecified atom stereocenters. The fourth-order valence-electron chi connectivity index (χ4n) is 2.81. The highest BCUT2D eigenvalue weighted by Gasteiger charge is 2.13. The van der Waals surface area contributed by atoms with Crippen molar-refractivity contribution in [2.45, 2.75) is 19.9 Å². The molecule has 0 fully saturated rings. The summed E-state index contributed by atoms with van der Waals surface area (Å²) in [5.41, 5.74) is 6.97. The van der Waals surface area contributed by atoms with Crippen molar-refractivity contribution in [2.75, 3.05) is 17.2 Å². The molecule has 0 heterocycles. The maximum Gasteiger partial charge on any atom is 0.248 e. The van der Waals surface area contributed by atoms with E-state index in [0.29, 0.717) is 29.4 Å². The number of benzene rings is 3. The van der Waals surface area contributed by atoms with Crippen molar-refractivity contribution < 1.29 is 19.1 Å². The van der Waals surface area contributed by atoms with Crippen LogP contribution in [0.25, 0.3) is 0 Å². The van der Waals surface area contributed by atoms with Gasteiger partial charge >= 0.3 is 0 Å². The Balaban J connectivity index is 1.53. The lowest BCUT2D eigenvalue weighted by atomic mass is 10.2. The molecule has 1 atom stereocenters. The molecule has 0 spiro atoms. The second-order valence-corrected chi connectivity index (χ2v) is 6.83. The molecule has 3 rings (SSSR count). The number of ether oxygens (including phenoxy) is 2. The lowest BCUT2D eigenvalue weighted by Crippen LogP contribution is -2.31. The van der Waals surface area contributed by atoms with Crippen LogP contribution >= 0.6 is 0 Å². The highest BCUT2D eigenvalue weighted by atomic mass is 16.5. The van der Waals surface area contributed by atoms with Crippen LogP contribution in [-0.2, 0) is 4.79 Å². The Kier molecular flexibility index (Phi) is 7.11. The van der Waals surface area contributed by atoms with Crippen molar-refractivity contribution in [2.24, 2.45) is 5.73 Å². The van der Waals surface area contributed by atoms with Crippen molar-refractivity contribution in [1.29, 1.82) is 0 Å². The van der Waals surface area contributed by atoms with Crippen LogP contribution in [0.4, 0.5) is 11.4 Å². The Morgan fingerprint density at radius 3 is 1.90 bits per heavy atom. The molecular weight excluding hydrogens is 394 g/mol. The van der Waals surface area contributed by atoms with Gasteiger partial charge in [-0.15, -0.1) is 0 Å². The number of carbonyl (C=O) groups is 2. The van der Waals surface area contributed by atoms with E-state index in [2.05, 4.69) is 10.6 Å². The fraction of sp³-hybridized carbons (Fsp3) is 0.167. The number of amides is 2. The molecule has 2 amide bonds. The molecule has 0 aliphatic heterocycles. The third kappa shape index (κ3) is 6.24. The van der Waals surface area contributed by atoms with Crippen LogP contribution in [0.3, 0.4) is 0 Å². The van der Waals surface area contributed by atoms with Crippen molar-refractivity contribution in [3.63, 3.8) is 0 Å². The Morgan fingerprint density at radius 2 is 1.35 bits per heavy atom. The normalized spacial score (nSPS) is 11.3. The standard InChI is InChI=1S/C24H25N3O4/c1-3-30-20-12-14-22(15-13-20)31-21-10-8-18(9-11-21)26-16(2)24(29)27-19-6-4-17(5-7-19)23(25)28/h4-16,26H,3H2,1-2H3,(H2,25,28)(H,27,29). The van der Waals surface area contributed by atoms with Gasteiger partial charge < -0.3 is 25.8 Å². The van der Waals surface area contributed by atoms with Crippen LogP contribution in [0.1, 0.15) is 24.2 Å². The molecule has 0 aliphatic carbocycles. The van der Waals surface area contributed by atoms with E-state index < -0.39 is 11.9 Å². The summed E-state index contributed by atoms with van der Waals surface area (Å²) in [6.07, 6.45) is 0. The summed E-state index contributed by atoms with van der Waals surface area (Å²) < 4.78 is 11.2. The summed E-state index contributed by atoms with van der Waals surface area (Å²) in [5.74, 6) is 1.47. The molecule has 4 N–H and O–H groups in total. The fourth-order valence-corrected chi connectivity index (χ4v) is 2.81. The summed E-state index contributed by atoms with van der Waals surface area (Å²) in [4.78, 5) is 23.5. The largest absolute Gasteiger partial charge is 0.494 e. The summed E-state index contributed by atoms with van der Waals surface area (Å²) in [5, 5.41) is 5.94. The Morgan fingerprint density at radius 1 is 0.839 bits per heavy atom. The minimum absolute atomic E-state index is 0.207. The predicted octanol–water partition coefficient (Wildman–Crippen LogP) is 4.42. The maximum absolute atomic E-state index is 12.4. The van der Waals surface area contributed by atoms with E-state index >= 15 is 0 Å². The third-order valence-corrected chi connectivity index (χ3v) is 4.44. The molecular formula is C24H25N3O4. The minimum Gasteiger partial charge on any atom is -0.494 e. The van der Waals surface area contributed by atoms with E-state index in [9.17, 15) is 9.59 Å². The summed E-state index contributed by atoms with van der Waals surface area (Å²) in [6, 6.07) is 20.7. The Labute approximate surface area is 181 Å². The molecule has 0 aromatic heterocycles. The highest BCUT2D eigenvalue weighted by molar-refractivity contribution is 5.97. The van der Waals surface area contributed by atoms with Gasteiger partial charge in [0.2, 0.25) is 11.8 Å². The van der Waals surface area contributed by atoms with Crippen LogP contribution in [0.2, 0.25) is 0 Å². The van der Waals surface area contributed by atoms with Crippen LogP contribution in [0.5, 0.6) is 17.2 Å². The van der Waals surface area contributed by atoms with Crippen LogP contribution in [-0.4, -0.2) is 24.5 Å². The van der Waals surface area contributed by atoms with Crippen LogP contribution < -0.4 is 25.8 Å². The van der Waals surface area contributed by atoms with Crippen molar-refractivity contribution >= 4 is 23.2 Å². The van der Waals surface area contributed by atoms with Crippen molar-refractivity contribution in [1.82, 2.24) is 0 Å². The molecule has 0 saturated heterocycles. The van der Waals surface area contributed by atoms with E-state index in [4.69, 9.17) is 15.2 Å². The topological polar surface area (TPSA) is 103 Å². The van der Waals surface area contributed by atoms with Gasteiger partial charge in [-0.3, -0.25) is 9.59 Å². The Bertz CT molecular complexity index is 1020. The SMILES string of the molecule is CCOc1ccc(Oc2ccc(NC(C)C(=O)Nc3ccc(C(N)=O)cc3)cc2)cc1. The van der Waals surface area contributed by atoms with Crippen molar-refractivity contribution in [3.8, 4) is 17.2 Å². The van der Waals surface area contributed by atoms with E-state index in [0.717, 1.165) is 11.4 Å². The first-order valence-corrected chi connectivity index (χ1v) is 9.92. The number of hydrogen-bond donors (Lipinski definition) is 3. The van der Waals surface area contributed by atoms with Gasteiger partial charge in [0, 0.05) is 16.9 Å². The molecule has 0 saturated carbocycles. The van der Waals surface area contributed by atoms with Gasteiger partial charge in [-0.05, 0) is 86.6 Å². The molecule has 0 bridgehead atoms. The van der Waals surface area contributed by atoms with Gasteiger partial charge in [0.05, 0.1) is 6.61 Å². The number of primary amides is 1. The number of nitrogens with one attached hydrogen (secondary N) is 2. The second kappa shape index (κ2) is 10.2. The smallest absolute Gasteiger partial charge is 0.248 e. The lowest BCUT2D eigenvalue weighted by Gasteiger charge is -2.16. The average molecular weight is 419 g/mol. The van der Waals surface area contributed by atoms with Gasteiger partial charge in [0.1, 0.15) is 23.3 Å². The molecule has 3 aromatic carbocycles. The summed E-state index contributed by atoms with van der Waals surface area (Å²) in [7, 11) is 0. The molecule has 0 radical (unpaired) electrons. The minimum atomic E-state index is -0.511. The molecule has 160 valence electrons. The van der Waals surface area contributed by atoms with Gasteiger partial charge in [-0.1, -0.05) is 0 Å². The average Bonchev–Trinajstić information content (AvgIpc) is 2.77. The van der Waals surface area contributed by atoms with Gasteiger partial charge in [0.25, 0.3) is 0 Å². The number of rotatable bonds is 9. The van der Waals surface area contributed by atoms with E-state index in [1.54, 1.807) is 31.2 Å². The first-order chi connectivity index (χ1) is 14.9. The maximum atomic E-state index is 12.4. The Hall–Kier alpha value is -4.00. The molecule has 7 heteroatoms. The predicted molar refractivity (Wildman–Crippen MR) is 121 cm³/mol. The number of hydrogen-bond acceptors (Lipinski definition) is 5. The van der Waals surface area contributed by atoms with Crippen LogP contribution in [0.15, 0.2) is 72.8 Å². The number of carbonyl (C=O) groups excluding carboxylic acids is 2. The summed E-state index contributed by atoms with van der Waals surface area (Å²) >= 11 is 0. The lowest BCUT2D eigenvalue weighted by molar-refractivity contribution is -0.116. The van der Waals surface area contributed by atoms with Gasteiger partial charge in [-0.25, -0.2) is 0 Å². The molecule has 7 nitrogen and oxygen atoms in total. The van der Waals surface area contributed by atoms with E-state index in [1.165, 1.54) is 0 Å². The van der Waals surface area contributed by atoms with E-state index in [-0.39, 0.29) is 5.91 Å². The van der Waals surface area contributed by atoms with Crippen molar-refractivity contribution in [3.05, 3.63) is 78.4 Å². The zero-order chi connectivity index (χ0) is 22.2. The van der Waals surface area contributed by atoms with Crippen LogP contribution in [0, 0.1) is 0 Å². The second-order valence-electron chi connectivity index (χ2n) is 6.83. The highest BCUT2D eigenvalue weighted by Crippen LogP contribution is 2.25. The zero-order valence-electron chi connectivity index (χ0n) is 17.4. The third-order valence-electron chi connectivity index (χ3n) is 4.44.